The molecule has 32 heavy (non-hydrogen) atoms. The maximum absolute atomic E-state index is 14.3. The molecular weight excluding hydrogens is 459 g/mol. The van der Waals surface area contributed by atoms with Crippen LogP contribution in [0, 0.1) is 23.0 Å². The van der Waals surface area contributed by atoms with Gasteiger partial charge in [0.05, 0.1) is 17.3 Å². The minimum absolute atomic E-state index is 0.231. The molecule has 1 amide bonds. The Bertz CT molecular complexity index is 1130. The molecule has 0 atom stereocenters. The van der Waals surface area contributed by atoms with Crippen LogP contribution in [0.1, 0.15) is 31.5 Å². The zero-order chi connectivity index (χ0) is 23.7. The summed E-state index contributed by atoms with van der Waals surface area (Å²) < 4.78 is 67.1. The van der Waals surface area contributed by atoms with Crippen LogP contribution in [0.25, 0.3) is 11.3 Å². The lowest BCUT2D eigenvalue weighted by molar-refractivity contribution is -0.135. The molecule has 0 saturated heterocycles. The molecule has 1 aromatic carbocycles. The largest absolute Gasteiger partial charge is 0.389 e. The smallest absolute Gasteiger partial charge is 0.336 e. The fourth-order valence-electron chi connectivity index (χ4n) is 3.12. The Labute approximate surface area is 183 Å². The summed E-state index contributed by atoms with van der Waals surface area (Å²) in [6.45, 7) is -0.609. The monoisotopic (exact) mass is 474 g/mol. The van der Waals surface area contributed by atoms with Gasteiger partial charge < -0.3 is 5.32 Å². The number of hydrogen-bond acceptors (Lipinski definition) is 4. The van der Waals surface area contributed by atoms with Crippen molar-refractivity contribution in [2.45, 2.75) is 50.4 Å². The van der Waals surface area contributed by atoms with Gasteiger partial charge in [-0.05, 0) is 31.4 Å². The van der Waals surface area contributed by atoms with Crippen LogP contribution >= 0.6 is 11.6 Å². The van der Waals surface area contributed by atoms with Crippen molar-refractivity contribution >= 4 is 17.5 Å². The third-order valence-corrected chi connectivity index (χ3v) is 5.07. The number of amides is 1. The molecule has 6 nitrogen and oxygen atoms in total. The molecule has 0 bridgehead atoms. The SMILES string of the molecule is N#CC1(NC(=O)Cn2c(CCCC(F)(F)F)nc(-c3c(F)cc(Cl)cc3F)cc2=O)CC1. The van der Waals surface area contributed by atoms with Gasteiger partial charge in [0.25, 0.3) is 5.56 Å². The van der Waals surface area contributed by atoms with Gasteiger partial charge in [-0.15, -0.1) is 0 Å². The van der Waals surface area contributed by atoms with Crippen molar-refractivity contribution in [3.05, 3.63) is 51.0 Å². The Kier molecular flexibility index (Phi) is 6.55. The van der Waals surface area contributed by atoms with Crippen molar-refractivity contribution in [2.24, 2.45) is 0 Å². The van der Waals surface area contributed by atoms with Crippen LogP contribution in [-0.4, -0.2) is 27.2 Å². The van der Waals surface area contributed by atoms with E-state index in [0.717, 1.165) is 22.8 Å². The van der Waals surface area contributed by atoms with Crippen LogP contribution < -0.4 is 10.9 Å². The summed E-state index contributed by atoms with van der Waals surface area (Å²) in [5.74, 6) is -3.17. The maximum atomic E-state index is 14.3. The van der Waals surface area contributed by atoms with Gasteiger partial charge in [0.15, 0.2) is 0 Å². The van der Waals surface area contributed by atoms with E-state index in [9.17, 15) is 31.5 Å². The van der Waals surface area contributed by atoms with Gasteiger partial charge in [-0.25, -0.2) is 13.8 Å². The van der Waals surface area contributed by atoms with Crippen molar-refractivity contribution in [1.29, 1.82) is 5.26 Å². The zero-order valence-electron chi connectivity index (χ0n) is 16.4. The average molecular weight is 475 g/mol. The number of aromatic nitrogens is 2. The average Bonchev–Trinajstić information content (AvgIpc) is 3.42. The Morgan fingerprint density at radius 1 is 1.25 bits per heavy atom. The highest BCUT2D eigenvalue weighted by molar-refractivity contribution is 6.30. The summed E-state index contributed by atoms with van der Waals surface area (Å²) in [5.41, 5.74) is -3.00. The van der Waals surface area contributed by atoms with Crippen molar-refractivity contribution < 1.29 is 26.7 Å². The van der Waals surface area contributed by atoms with Gasteiger partial charge in [0, 0.05) is 23.9 Å². The molecule has 12 heteroatoms. The molecule has 170 valence electrons. The summed E-state index contributed by atoms with van der Waals surface area (Å²) in [7, 11) is 0. The van der Waals surface area contributed by atoms with Crippen LogP contribution in [0.4, 0.5) is 22.0 Å². The van der Waals surface area contributed by atoms with Crippen molar-refractivity contribution in [2.75, 3.05) is 0 Å². The number of halogens is 6. The molecule has 0 spiro atoms. The van der Waals surface area contributed by atoms with Gasteiger partial charge in [-0.2, -0.15) is 18.4 Å². The molecule has 1 saturated carbocycles. The first kappa shape index (κ1) is 23.7. The normalized spacial score (nSPS) is 14.7. The third kappa shape index (κ3) is 5.62. The summed E-state index contributed by atoms with van der Waals surface area (Å²) >= 11 is 5.60. The van der Waals surface area contributed by atoms with Crippen molar-refractivity contribution in [1.82, 2.24) is 14.9 Å². The molecule has 1 aliphatic carbocycles. The zero-order valence-corrected chi connectivity index (χ0v) is 17.2. The van der Waals surface area contributed by atoms with Crippen LogP contribution in [0.3, 0.4) is 0 Å². The quantitative estimate of drug-likeness (QED) is 0.617. The van der Waals surface area contributed by atoms with Crippen LogP contribution in [-0.2, 0) is 17.8 Å². The van der Waals surface area contributed by atoms with E-state index in [1.807, 2.05) is 6.07 Å². The van der Waals surface area contributed by atoms with Gasteiger partial charge in [-0.1, -0.05) is 11.6 Å². The van der Waals surface area contributed by atoms with E-state index in [1.165, 1.54) is 0 Å². The predicted molar refractivity (Wildman–Crippen MR) is 104 cm³/mol. The first-order valence-corrected chi connectivity index (χ1v) is 9.85. The molecule has 0 unspecified atom stereocenters. The molecule has 3 rings (SSSR count). The Morgan fingerprint density at radius 2 is 1.88 bits per heavy atom. The number of aryl methyl sites for hydroxylation is 1. The van der Waals surface area contributed by atoms with E-state index in [2.05, 4.69) is 10.3 Å². The number of nitrogens with one attached hydrogen (secondary N) is 1. The summed E-state index contributed by atoms with van der Waals surface area (Å²) in [5, 5.41) is 11.3. The lowest BCUT2D eigenvalue weighted by Gasteiger charge is -2.16. The predicted octanol–water partition coefficient (Wildman–Crippen LogP) is 3.90. The fraction of sp³-hybridized carbons (Fsp3) is 0.400. The van der Waals surface area contributed by atoms with Crippen molar-refractivity contribution in [3.8, 4) is 17.3 Å². The van der Waals surface area contributed by atoms with Crippen LogP contribution in [0.2, 0.25) is 5.02 Å². The molecule has 0 aliphatic heterocycles. The van der Waals surface area contributed by atoms with E-state index < -0.39 is 65.5 Å². The molecule has 1 heterocycles. The maximum Gasteiger partial charge on any atom is 0.389 e. The Hall–Kier alpha value is -3.00. The minimum Gasteiger partial charge on any atom is -0.336 e. The topological polar surface area (TPSA) is 87.8 Å². The number of nitriles is 1. The third-order valence-electron chi connectivity index (χ3n) is 4.86. The minimum atomic E-state index is -4.46. The first-order chi connectivity index (χ1) is 14.9. The number of carbonyl (C=O) groups excluding carboxylic acids is 1. The molecule has 1 aliphatic rings. The van der Waals surface area contributed by atoms with Gasteiger partial charge in [-0.3, -0.25) is 14.2 Å². The number of nitrogens with zero attached hydrogens (tertiary/aromatic N) is 3. The van der Waals surface area contributed by atoms with Crippen LogP contribution in [0.15, 0.2) is 23.0 Å². The standard InChI is InChI=1S/C20H16ClF5N4O2/c21-11-6-12(22)18(13(23)7-11)14-8-17(32)30(9-16(31)29-19(10-27)4-5-19)15(28-14)2-1-3-20(24,25)26/h6-8H,1-5,9H2,(H,29,31). The summed E-state index contributed by atoms with van der Waals surface area (Å²) in [4.78, 5) is 28.9. The van der Waals surface area contributed by atoms with Gasteiger partial charge in [0.2, 0.25) is 5.91 Å². The second kappa shape index (κ2) is 8.86. The fourth-order valence-corrected chi connectivity index (χ4v) is 3.31. The van der Waals surface area contributed by atoms with E-state index >= 15 is 0 Å². The van der Waals surface area contributed by atoms with Crippen molar-refractivity contribution in [3.63, 3.8) is 0 Å². The summed E-state index contributed by atoms with van der Waals surface area (Å²) in [6.07, 6.45) is -5.60. The van der Waals surface area contributed by atoms with E-state index in [0.29, 0.717) is 12.8 Å². The van der Waals surface area contributed by atoms with E-state index in [1.54, 1.807) is 0 Å². The Morgan fingerprint density at radius 3 is 2.41 bits per heavy atom. The lowest BCUT2D eigenvalue weighted by atomic mass is 10.1. The molecule has 1 N–H and O–H groups in total. The highest BCUT2D eigenvalue weighted by atomic mass is 35.5. The number of hydrogen-bond donors (Lipinski definition) is 1. The number of carbonyl (C=O) groups is 1. The summed E-state index contributed by atoms with van der Waals surface area (Å²) in [6, 6.07) is 4.34. The first-order valence-electron chi connectivity index (χ1n) is 9.48. The molecule has 1 aromatic heterocycles. The van der Waals surface area contributed by atoms with Gasteiger partial charge in [0.1, 0.15) is 29.5 Å². The molecule has 0 radical (unpaired) electrons. The second-order valence-electron chi connectivity index (χ2n) is 7.44. The lowest BCUT2D eigenvalue weighted by Crippen LogP contribution is -2.40. The van der Waals surface area contributed by atoms with Gasteiger partial charge >= 0.3 is 6.18 Å². The second-order valence-corrected chi connectivity index (χ2v) is 7.87. The number of benzene rings is 1. The van der Waals surface area contributed by atoms with E-state index in [4.69, 9.17) is 16.9 Å². The molecular formula is C20H16ClF5N4O2. The Balaban J connectivity index is 1.97. The van der Waals surface area contributed by atoms with E-state index in [-0.39, 0.29) is 17.3 Å². The number of alkyl halides is 3. The van der Waals surface area contributed by atoms with Crippen LogP contribution in [0.5, 0.6) is 0 Å². The highest BCUT2D eigenvalue weighted by Gasteiger charge is 2.44. The number of rotatable bonds is 7. The molecule has 2 aromatic rings. The molecule has 1 fully saturated rings. The highest BCUT2D eigenvalue weighted by Crippen LogP contribution is 2.34.